The van der Waals surface area contributed by atoms with Crippen molar-refractivity contribution >= 4 is 50.7 Å². The number of benzene rings is 2. The fourth-order valence-corrected chi connectivity index (χ4v) is 4.00. The maximum Gasteiger partial charge on any atom is 0.262 e. The van der Waals surface area contributed by atoms with Gasteiger partial charge in [-0.1, -0.05) is 29.3 Å². The van der Waals surface area contributed by atoms with Crippen molar-refractivity contribution in [1.29, 1.82) is 0 Å². The van der Waals surface area contributed by atoms with Crippen molar-refractivity contribution < 1.29 is 13.2 Å². The Morgan fingerprint density at radius 3 is 2.44 bits per heavy atom. The monoisotopic (exact) mass is 425 g/mol. The number of anilines is 1. The third-order valence-corrected chi connectivity index (χ3v) is 6.06. The molecule has 0 radical (unpaired) electrons. The molecule has 3 rings (SSSR count). The second-order valence-electron chi connectivity index (χ2n) is 6.04. The van der Waals surface area contributed by atoms with Gasteiger partial charge in [0.1, 0.15) is 5.84 Å². The zero-order chi connectivity index (χ0) is 19.4. The van der Waals surface area contributed by atoms with Crippen molar-refractivity contribution in [3.8, 4) is 0 Å². The van der Waals surface area contributed by atoms with Crippen LogP contribution in [-0.4, -0.2) is 26.7 Å². The van der Waals surface area contributed by atoms with E-state index in [2.05, 4.69) is 15.0 Å². The molecule has 1 heterocycles. The fourth-order valence-electron chi connectivity index (χ4n) is 2.59. The summed E-state index contributed by atoms with van der Waals surface area (Å²) in [5, 5.41) is 3.53. The standard InChI is InChI=1S/C18H17Cl2N3O3S/c19-15-8-3-12(10-16(15)20)11-18(24)22-13-4-6-14(7-5-13)27(25,26)23-17-2-1-9-21-17/h3-8,10H,1-2,9,11H2,(H,21,23)(H,22,24). The lowest BCUT2D eigenvalue weighted by Crippen LogP contribution is -2.29. The third kappa shape index (κ3) is 5.22. The Kier molecular flexibility index (Phi) is 6.04. The van der Waals surface area contributed by atoms with Crippen molar-refractivity contribution in [1.82, 2.24) is 4.72 Å². The van der Waals surface area contributed by atoms with Gasteiger partial charge in [0.15, 0.2) is 0 Å². The average molecular weight is 426 g/mol. The van der Waals surface area contributed by atoms with Crippen LogP contribution in [-0.2, 0) is 21.2 Å². The largest absolute Gasteiger partial charge is 0.326 e. The second kappa shape index (κ2) is 8.29. The van der Waals surface area contributed by atoms with E-state index in [0.717, 1.165) is 12.0 Å². The van der Waals surface area contributed by atoms with E-state index < -0.39 is 10.0 Å². The second-order valence-corrected chi connectivity index (χ2v) is 8.53. The Morgan fingerprint density at radius 2 is 1.81 bits per heavy atom. The van der Waals surface area contributed by atoms with Gasteiger partial charge < -0.3 is 5.32 Å². The highest BCUT2D eigenvalue weighted by atomic mass is 35.5. The lowest BCUT2D eigenvalue weighted by atomic mass is 10.1. The summed E-state index contributed by atoms with van der Waals surface area (Å²) in [5.74, 6) is 0.233. The molecule has 0 unspecified atom stereocenters. The van der Waals surface area contributed by atoms with Gasteiger partial charge in [-0.05, 0) is 48.4 Å². The highest BCUT2D eigenvalue weighted by Gasteiger charge is 2.18. The maximum atomic E-state index is 12.3. The number of rotatable bonds is 5. The zero-order valence-electron chi connectivity index (χ0n) is 14.2. The van der Waals surface area contributed by atoms with E-state index in [1.165, 1.54) is 24.3 Å². The molecule has 1 amide bonds. The number of nitrogens with one attached hydrogen (secondary N) is 2. The number of carbonyl (C=O) groups is 1. The van der Waals surface area contributed by atoms with E-state index in [9.17, 15) is 13.2 Å². The number of amides is 1. The highest BCUT2D eigenvalue weighted by Crippen LogP contribution is 2.23. The van der Waals surface area contributed by atoms with Gasteiger partial charge in [-0.3, -0.25) is 14.5 Å². The van der Waals surface area contributed by atoms with Crippen molar-refractivity contribution in [2.75, 3.05) is 11.9 Å². The van der Waals surface area contributed by atoms with Crippen LogP contribution in [0.2, 0.25) is 10.0 Å². The molecule has 1 aliphatic rings. The van der Waals surface area contributed by atoms with E-state index in [0.29, 0.717) is 34.5 Å². The number of aliphatic imine (C=N–C) groups is 1. The smallest absolute Gasteiger partial charge is 0.262 e. The number of nitrogens with zero attached hydrogens (tertiary/aromatic N) is 1. The maximum absolute atomic E-state index is 12.3. The van der Waals surface area contributed by atoms with Gasteiger partial charge in [0.25, 0.3) is 10.0 Å². The molecule has 2 aromatic rings. The van der Waals surface area contributed by atoms with Crippen LogP contribution in [0.5, 0.6) is 0 Å². The van der Waals surface area contributed by atoms with Gasteiger partial charge in [-0.25, -0.2) is 8.42 Å². The number of hydrogen-bond acceptors (Lipinski definition) is 4. The van der Waals surface area contributed by atoms with Crippen LogP contribution in [0.1, 0.15) is 18.4 Å². The van der Waals surface area contributed by atoms with E-state index >= 15 is 0 Å². The van der Waals surface area contributed by atoms with Crippen molar-refractivity contribution in [3.63, 3.8) is 0 Å². The quantitative estimate of drug-likeness (QED) is 0.765. The molecule has 0 spiro atoms. The Morgan fingerprint density at radius 1 is 1.07 bits per heavy atom. The van der Waals surface area contributed by atoms with Gasteiger partial charge in [-0.15, -0.1) is 0 Å². The summed E-state index contributed by atoms with van der Waals surface area (Å²) in [7, 11) is -3.67. The summed E-state index contributed by atoms with van der Waals surface area (Å²) >= 11 is 11.8. The molecule has 2 aromatic carbocycles. The molecule has 142 valence electrons. The molecular formula is C18H17Cl2N3O3S. The van der Waals surface area contributed by atoms with Gasteiger partial charge in [0.2, 0.25) is 5.91 Å². The number of halogens is 2. The van der Waals surface area contributed by atoms with E-state index in [-0.39, 0.29) is 17.2 Å². The summed E-state index contributed by atoms with van der Waals surface area (Å²) in [6.07, 6.45) is 1.60. The predicted molar refractivity (Wildman–Crippen MR) is 107 cm³/mol. The molecule has 1 aliphatic heterocycles. The number of carbonyl (C=O) groups excluding carboxylic acids is 1. The zero-order valence-corrected chi connectivity index (χ0v) is 16.5. The fraction of sp³-hybridized carbons (Fsp3) is 0.222. The summed E-state index contributed by atoms with van der Waals surface area (Å²) in [5.41, 5.74) is 1.22. The molecule has 6 nitrogen and oxygen atoms in total. The predicted octanol–water partition coefficient (Wildman–Crippen LogP) is 3.65. The van der Waals surface area contributed by atoms with Gasteiger partial charge in [0, 0.05) is 18.7 Å². The molecule has 0 saturated heterocycles. The van der Waals surface area contributed by atoms with Gasteiger partial charge in [0.05, 0.1) is 21.4 Å². The van der Waals surface area contributed by atoms with Crippen LogP contribution >= 0.6 is 23.2 Å². The molecule has 0 aromatic heterocycles. The number of amidine groups is 1. The molecule has 9 heteroatoms. The minimum atomic E-state index is -3.67. The lowest BCUT2D eigenvalue weighted by molar-refractivity contribution is -0.115. The van der Waals surface area contributed by atoms with Crippen molar-refractivity contribution in [2.24, 2.45) is 4.99 Å². The Balaban J connectivity index is 1.62. The molecule has 0 saturated carbocycles. The summed E-state index contributed by atoms with van der Waals surface area (Å²) in [6.45, 7) is 0.641. The van der Waals surface area contributed by atoms with Crippen LogP contribution < -0.4 is 10.0 Å². The Labute approximate surface area is 167 Å². The first-order chi connectivity index (χ1) is 12.8. The summed E-state index contributed by atoms with van der Waals surface area (Å²) < 4.78 is 27.1. The first-order valence-electron chi connectivity index (χ1n) is 8.23. The van der Waals surface area contributed by atoms with Crippen molar-refractivity contribution in [2.45, 2.75) is 24.2 Å². The first kappa shape index (κ1) is 19.7. The first-order valence-corrected chi connectivity index (χ1v) is 10.5. The van der Waals surface area contributed by atoms with Gasteiger partial charge in [-0.2, -0.15) is 0 Å². The SMILES string of the molecule is O=C(Cc1ccc(Cl)c(Cl)c1)Nc1ccc(S(=O)(=O)NC2=NCCC2)cc1. The number of sulfonamides is 1. The molecule has 27 heavy (non-hydrogen) atoms. The van der Waals surface area contributed by atoms with Gasteiger partial charge >= 0.3 is 0 Å². The average Bonchev–Trinajstić information content (AvgIpc) is 3.11. The molecule has 0 fully saturated rings. The lowest BCUT2D eigenvalue weighted by Gasteiger charge is -2.09. The van der Waals surface area contributed by atoms with Crippen molar-refractivity contribution in [3.05, 3.63) is 58.1 Å². The van der Waals surface area contributed by atoms with Crippen LogP contribution in [0, 0.1) is 0 Å². The van der Waals surface area contributed by atoms with E-state index in [1.54, 1.807) is 18.2 Å². The normalized spacial score (nSPS) is 13.9. The summed E-state index contributed by atoms with van der Waals surface area (Å²) in [6, 6.07) is 10.9. The molecule has 0 atom stereocenters. The van der Waals surface area contributed by atoms with E-state index in [4.69, 9.17) is 23.2 Å². The minimum absolute atomic E-state index is 0.111. The van der Waals surface area contributed by atoms with Crippen LogP contribution in [0.15, 0.2) is 52.4 Å². The molecule has 0 bridgehead atoms. The highest BCUT2D eigenvalue weighted by molar-refractivity contribution is 7.90. The van der Waals surface area contributed by atoms with Crippen LogP contribution in [0.25, 0.3) is 0 Å². The summed E-state index contributed by atoms with van der Waals surface area (Å²) in [4.78, 5) is 16.4. The number of hydrogen-bond donors (Lipinski definition) is 2. The van der Waals surface area contributed by atoms with Crippen LogP contribution in [0.3, 0.4) is 0 Å². The molecule has 0 aliphatic carbocycles. The van der Waals surface area contributed by atoms with Crippen LogP contribution in [0.4, 0.5) is 5.69 Å². The molecular weight excluding hydrogens is 409 g/mol. The van der Waals surface area contributed by atoms with E-state index in [1.807, 2.05) is 0 Å². The Hall–Kier alpha value is -2.09. The minimum Gasteiger partial charge on any atom is -0.326 e. The molecule has 2 N–H and O–H groups in total. The Bertz CT molecular complexity index is 989. The topological polar surface area (TPSA) is 87.6 Å². The third-order valence-electron chi connectivity index (χ3n) is 3.92.